The molecule has 5 nitrogen and oxygen atoms in total. The molecule has 0 aromatic carbocycles. The first-order valence-corrected chi connectivity index (χ1v) is 3.00. The standard InChI is InChI=1S/C5H7NO4/c7-5-2-1-4(10-5)3-6(8)9/h4H,1-3H2. The molecule has 56 valence electrons. The van der Waals surface area contributed by atoms with Gasteiger partial charge in [-0.3, -0.25) is 14.9 Å². The first kappa shape index (κ1) is 6.98. The summed E-state index contributed by atoms with van der Waals surface area (Å²) in [6.07, 6.45) is 0.320. The maximum atomic E-state index is 10.4. The molecule has 1 atom stereocenters. The summed E-state index contributed by atoms with van der Waals surface area (Å²) in [7, 11) is 0. The molecule has 0 saturated carbocycles. The van der Waals surface area contributed by atoms with Crippen molar-refractivity contribution in [1.82, 2.24) is 0 Å². The molecule has 1 aliphatic rings. The molecular weight excluding hydrogens is 138 g/mol. The van der Waals surface area contributed by atoms with Gasteiger partial charge in [0.05, 0.1) is 0 Å². The Labute approximate surface area is 57.1 Å². The van der Waals surface area contributed by atoms with Crippen LogP contribution in [0.25, 0.3) is 0 Å². The van der Waals surface area contributed by atoms with Gasteiger partial charge in [-0.1, -0.05) is 0 Å². The molecule has 0 aliphatic carbocycles. The van der Waals surface area contributed by atoms with Crippen molar-refractivity contribution in [2.75, 3.05) is 6.54 Å². The number of ether oxygens (including phenoxy) is 1. The lowest BCUT2D eigenvalue weighted by Gasteiger charge is -2.00. The number of hydrogen-bond acceptors (Lipinski definition) is 4. The summed E-state index contributed by atoms with van der Waals surface area (Å²) in [4.78, 5) is 19.8. The number of carbonyl (C=O) groups excluding carboxylic acids is 1. The van der Waals surface area contributed by atoms with E-state index in [9.17, 15) is 14.9 Å². The number of nitrogens with zero attached hydrogens (tertiary/aromatic N) is 1. The quantitative estimate of drug-likeness (QED) is 0.311. The average Bonchev–Trinajstić information content (AvgIpc) is 2.13. The van der Waals surface area contributed by atoms with E-state index in [1.165, 1.54) is 0 Å². The molecule has 0 spiro atoms. The highest BCUT2D eigenvalue weighted by atomic mass is 16.6. The topological polar surface area (TPSA) is 69.4 Å². The molecule has 0 N–H and O–H groups in total. The third kappa shape index (κ3) is 1.68. The minimum absolute atomic E-state index is 0.258. The second-order valence-electron chi connectivity index (χ2n) is 2.17. The van der Waals surface area contributed by atoms with Gasteiger partial charge in [0.2, 0.25) is 6.54 Å². The van der Waals surface area contributed by atoms with Crippen LogP contribution in [0.4, 0.5) is 0 Å². The third-order valence-electron chi connectivity index (χ3n) is 1.32. The molecule has 0 aromatic rings. The summed E-state index contributed by atoms with van der Waals surface area (Å²) >= 11 is 0. The van der Waals surface area contributed by atoms with Crippen molar-refractivity contribution >= 4 is 5.97 Å². The van der Waals surface area contributed by atoms with Crippen LogP contribution in [0, 0.1) is 10.1 Å². The normalized spacial score (nSPS) is 24.4. The fraction of sp³-hybridized carbons (Fsp3) is 0.800. The zero-order chi connectivity index (χ0) is 7.56. The van der Waals surface area contributed by atoms with E-state index < -0.39 is 11.0 Å². The summed E-state index contributed by atoms with van der Waals surface area (Å²) in [5.41, 5.74) is 0. The molecule has 1 saturated heterocycles. The lowest BCUT2D eigenvalue weighted by atomic mass is 10.2. The molecule has 0 bridgehead atoms. The Balaban J connectivity index is 2.31. The fourth-order valence-electron chi connectivity index (χ4n) is 0.877. The summed E-state index contributed by atoms with van der Waals surface area (Å²) in [6, 6.07) is 0. The number of nitro groups is 1. The van der Waals surface area contributed by atoms with Crippen LogP contribution in [-0.4, -0.2) is 23.5 Å². The molecule has 1 fully saturated rings. The smallest absolute Gasteiger partial charge is 0.306 e. The molecule has 0 amide bonds. The van der Waals surface area contributed by atoms with Crippen LogP contribution in [0.15, 0.2) is 0 Å². The Morgan fingerprint density at radius 1 is 1.80 bits per heavy atom. The van der Waals surface area contributed by atoms with Crippen molar-refractivity contribution in [3.8, 4) is 0 Å². The van der Waals surface area contributed by atoms with E-state index in [-0.39, 0.29) is 12.5 Å². The van der Waals surface area contributed by atoms with Crippen LogP contribution < -0.4 is 0 Å². The second kappa shape index (κ2) is 2.64. The number of carbonyl (C=O) groups is 1. The molecule has 1 unspecified atom stereocenters. The lowest BCUT2D eigenvalue weighted by Crippen LogP contribution is -2.18. The van der Waals surface area contributed by atoms with Crippen LogP contribution in [0.1, 0.15) is 12.8 Å². The molecule has 1 rings (SSSR count). The van der Waals surface area contributed by atoms with Gasteiger partial charge in [0.1, 0.15) is 0 Å². The predicted octanol–water partition coefficient (Wildman–Crippen LogP) is -0.0313. The Bertz CT molecular complexity index is 167. The largest absolute Gasteiger partial charge is 0.455 e. The fourth-order valence-corrected chi connectivity index (χ4v) is 0.877. The van der Waals surface area contributed by atoms with Gasteiger partial charge in [0.15, 0.2) is 6.10 Å². The molecule has 0 aromatic heterocycles. The molecule has 10 heavy (non-hydrogen) atoms. The van der Waals surface area contributed by atoms with E-state index >= 15 is 0 Å². The Kier molecular flexibility index (Phi) is 1.84. The van der Waals surface area contributed by atoms with Crippen LogP contribution in [-0.2, 0) is 9.53 Å². The van der Waals surface area contributed by atoms with E-state index in [1.807, 2.05) is 0 Å². The highest BCUT2D eigenvalue weighted by molar-refractivity contribution is 5.71. The van der Waals surface area contributed by atoms with Crippen LogP contribution in [0.3, 0.4) is 0 Å². The Morgan fingerprint density at radius 2 is 2.50 bits per heavy atom. The number of rotatable bonds is 2. The Hall–Kier alpha value is -1.13. The van der Waals surface area contributed by atoms with Gasteiger partial charge < -0.3 is 4.74 Å². The summed E-state index contributed by atoms with van der Waals surface area (Å²) in [6.45, 7) is -0.258. The van der Waals surface area contributed by atoms with Crippen molar-refractivity contribution < 1.29 is 14.5 Å². The molecule has 0 radical (unpaired) electrons. The van der Waals surface area contributed by atoms with Gasteiger partial charge in [0, 0.05) is 17.8 Å². The van der Waals surface area contributed by atoms with Crippen molar-refractivity contribution in [3.63, 3.8) is 0 Å². The van der Waals surface area contributed by atoms with Crippen LogP contribution in [0.5, 0.6) is 0 Å². The van der Waals surface area contributed by atoms with E-state index in [0.717, 1.165) is 0 Å². The van der Waals surface area contributed by atoms with Gasteiger partial charge in [-0.25, -0.2) is 0 Å². The van der Waals surface area contributed by atoms with Gasteiger partial charge in [-0.2, -0.15) is 0 Å². The van der Waals surface area contributed by atoms with Crippen LogP contribution in [0.2, 0.25) is 0 Å². The van der Waals surface area contributed by atoms with Gasteiger partial charge in [0.25, 0.3) is 0 Å². The predicted molar refractivity (Wildman–Crippen MR) is 31.0 cm³/mol. The highest BCUT2D eigenvalue weighted by Gasteiger charge is 2.27. The van der Waals surface area contributed by atoms with Crippen molar-refractivity contribution in [2.45, 2.75) is 18.9 Å². The van der Waals surface area contributed by atoms with Crippen molar-refractivity contribution in [2.24, 2.45) is 0 Å². The Morgan fingerprint density at radius 3 is 2.90 bits per heavy atom. The number of esters is 1. The summed E-state index contributed by atoms with van der Waals surface area (Å²) < 4.78 is 4.59. The zero-order valence-corrected chi connectivity index (χ0v) is 5.28. The summed E-state index contributed by atoms with van der Waals surface area (Å²) in [5.74, 6) is -0.327. The molecule has 1 aliphatic heterocycles. The van der Waals surface area contributed by atoms with Crippen molar-refractivity contribution in [3.05, 3.63) is 10.1 Å². The monoisotopic (exact) mass is 145 g/mol. The van der Waals surface area contributed by atoms with E-state index in [1.54, 1.807) is 0 Å². The highest BCUT2D eigenvalue weighted by Crippen LogP contribution is 2.12. The lowest BCUT2D eigenvalue weighted by molar-refractivity contribution is -0.489. The zero-order valence-electron chi connectivity index (χ0n) is 5.28. The maximum Gasteiger partial charge on any atom is 0.306 e. The van der Waals surface area contributed by atoms with Crippen LogP contribution >= 0.6 is 0 Å². The minimum atomic E-state index is -0.484. The van der Waals surface area contributed by atoms with E-state index in [2.05, 4.69) is 4.74 Å². The van der Waals surface area contributed by atoms with E-state index in [0.29, 0.717) is 12.8 Å². The SMILES string of the molecule is O=C1CCC(C[N+](=O)[O-])O1. The second-order valence-corrected chi connectivity index (χ2v) is 2.17. The summed E-state index contributed by atoms with van der Waals surface area (Å²) in [5, 5.41) is 9.88. The average molecular weight is 145 g/mol. The maximum absolute atomic E-state index is 10.4. The molecular formula is C5H7NO4. The van der Waals surface area contributed by atoms with Gasteiger partial charge in [-0.15, -0.1) is 0 Å². The van der Waals surface area contributed by atoms with E-state index in [4.69, 9.17) is 0 Å². The molecule has 1 heterocycles. The molecule has 5 heteroatoms. The van der Waals surface area contributed by atoms with Gasteiger partial charge in [-0.05, 0) is 0 Å². The van der Waals surface area contributed by atoms with Crippen molar-refractivity contribution in [1.29, 1.82) is 0 Å². The van der Waals surface area contributed by atoms with Gasteiger partial charge >= 0.3 is 5.97 Å². The minimum Gasteiger partial charge on any atom is -0.455 e. The number of hydrogen-bond donors (Lipinski definition) is 0. The first-order valence-electron chi connectivity index (χ1n) is 3.00. The third-order valence-corrected chi connectivity index (χ3v) is 1.32. The first-order chi connectivity index (χ1) is 4.68. The number of cyclic esters (lactones) is 1.